The fraction of sp³-hybridized carbons (Fsp3) is 0.600. The summed E-state index contributed by atoms with van der Waals surface area (Å²) in [4.78, 5) is 4.78. The van der Waals surface area contributed by atoms with Crippen molar-refractivity contribution in [2.75, 3.05) is 52.4 Å². The first-order valence-electron chi connectivity index (χ1n) is 13.9. The third-order valence-corrected chi connectivity index (χ3v) is 6.44. The van der Waals surface area contributed by atoms with Crippen LogP contribution in [0.4, 0.5) is 0 Å². The van der Waals surface area contributed by atoms with E-state index in [1.165, 1.54) is 11.1 Å². The summed E-state index contributed by atoms with van der Waals surface area (Å²) in [5.74, 6) is 0. The van der Waals surface area contributed by atoms with Gasteiger partial charge in [-0.25, -0.2) is 0 Å². The molecule has 4 N–H and O–H groups in total. The number of nitrogens with zero attached hydrogens (tertiary/aromatic N) is 2. The summed E-state index contributed by atoms with van der Waals surface area (Å²) in [6, 6.07) is 21.1. The van der Waals surface area contributed by atoms with E-state index in [1.807, 2.05) is 12.1 Å². The maximum Gasteiger partial charge on any atom is 0.0679 e. The Morgan fingerprint density at radius 3 is 1.39 bits per heavy atom. The Bertz CT molecular complexity index is 697. The second kappa shape index (κ2) is 19.3. The van der Waals surface area contributed by atoms with Gasteiger partial charge in [-0.1, -0.05) is 74.5 Å². The van der Waals surface area contributed by atoms with Gasteiger partial charge in [0.1, 0.15) is 0 Å². The molecule has 36 heavy (non-hydrogen) atoms. The largest absolute Gasteiger partial charge is 0.392 e. The number of hydrogen-bond acceptors (Lipinski definition) is 6. The fourth-order valence-electron chi connectivity index (χ4n) is 4.49. The minimum absolute atomic E-state index is 0.325. The molecule has 0 radical (unpaired) electrons. The maximum absolute atomic E-state index is 10.6. The number of unbranched alkanes of at least 4 members (excludes halogenated alkanes) is 1. The third-order valence-electron chi connectivity index (χ3n) is 6.44. The van der Waals surface area contributed by atoms with E-state index in [1.54, 1.807) is 0 Å². The van der Waals surface area contributed by atoms with Gasteiger partial charge in [0, 0.05) is 26.2 Å². The molecule has 0 bridgehead atoms. The molecule has 2 aromatic rings. The summed E-state index contributed by atoms with van der Waals surface area (Å²) in [7, 11) is 0. The van der Waals surface area contributed by atoms with E-state index in [4.69, 9.17) is 0 Å². The van der Waals surface area contributed by atoms with Crippen molar-refractivity contribution in [3.05, 3.63) is 71.8 Å². The molecule has 0 saturated heterocycles. The van der Waals surface area contributed by atoms with Crippen molar-refractivity contribution in [1.29, 1.82) is 0 Å². The highest BCUT2D eigenvalue weighted by atomic mass is 16.3. The van der Waals surface area contributed by atoms with Gasteiger partial charge in [-0.2, -0.15) is 0 Å². The van der Waals surface area contributed by atoms with Gasteiger partial charge in [0.15, 0.2) is 0 Å². The van der Waals surface area contributed by atoms with Crippen LogP contribution in [-0.2, 0) is 13.1 Å². The molecule has 0 aliphatic heterocycles. The SMILES string of the molecule is CCNCC[C@@H](O)CN(CCCCN(Cc1ccccc1)C[C@H](O)CCNCC)Cc1ccccc1. The van der Waals surface area contributed by atoms with E-state index in [-0.39, 0.29) is 12.2 Å². The summed E-state index contributed by atoms with van der Waals surface area (Å²) < 4.78 is 0. The van der Waals surface area contributed by atoms with E-state index in [0.717, 1.165) is 78.0 Å². The first-order valence-corrected chi connectivity index (χ1v) is 13.9. The number of benzene rings is 2. The van der Waals surface area contributed by atoms with E-state index < -0.39 is 0 Å². The Labute approximate surface area is 219 Å². The Kier molecular flexibility index (Phi) is 16.3. The number of aliphatic hydroxyl groups is 2. The number of aliphatic hydroxyl groups excluding tert-OH is 2. The molecule has 0 unspecified atom stereocenters. The van der Waals surface area contributed by atoms with E-state index in [0.29, 0.717) is 13.1 Å². The van der Waals surface area contributed by atoms with Crippen LogP contribution in [0.5, 0.6) is 0 Å². The number of hydrogen-bond donors (Lipinski definition) is 4. The second-order valence-corrected chi connectivity index (χ2v) is 9.74. The number of rotatable bonds is 21. The van der Waals surface area contributed by atoms with Crippen LogP contribution in [-0.4, -0.2) is 84.6 Å². The average molecular weight is 499 g/mol. The van der Waals surface area contributed by atoms with Crippen LogP contribution >= 0.6 is 0 Å². The van der Waals surface area contributed by atoms with Gasteiger partial charge >= 0.3 is 0 Å². The standard InChI is InChI=1S/C30H50N4O2/c1-3-31-19-17-29(35)25-33(23-27-13-7-5-8-14-27)21-11-12-22-34(24-28-15-9-6-10-16-28)26-30(36)18-20-32-4-2/h5-10,13-16,29-32,35-36H,3-4,11-12,17-26H2,1-2H3/t29-,30-/m1/s1. The molecule has 2 aromatic carbocycles. The van der Waals surface area contributed by atoms with E-state index >= 15 is 0 Å². The fourth-order valence-corrected chi connectivity index (χ4v) is 4.49. The lowest BCUT2D eigenvalue weighted by atomic mass is 10.1. The van der Waals surface area contributed by atoms with Gasteiger partial charge in [-0.05, 0) is 76.1 Å². The van der Waals surface area contributed by atoms with Crippen LogP contribution in [0.25, 0.3) is 0 Å². The molecule has 0 spiro atoms. The van der Waals surface area contributed by atoms with Crippen molar-refractivity contribution in [2.24, 2.45) is 0 Å². The van der Waals surface area contributed by atoms with Crippen LogP contribution < -0.4 is 10.6 Å². The molecule has 2 rings (SSSR count). The van der Waals surface area contributed by atoms with Gasteiger partial charge < -0.3 is 20.8 Å². The molecule has 0 aromatic heterocycles. The number of nitrogens with one attached hydrogen (secondary N) is 2. The molecule has 0 aliphatic carbocycles. The minimum atomic E-state index is -0.325. The monoisotopic (exact) mass is 498 g/mol. The zero-order valence-corrected chi connectivity index (χ0v) is 22.6. The predicted molar refractivity (Wildman–Crippen MR) is 151 cm³/mol. The molecule has 0 fully saturated rings. The molecule has 6 nitrogen and oxygen atoms in total. The van der Waals surface area contributed by atoms with Crippen molar-refractivity contribution in [1.82, 2.24) is 20.4 Å². The Hall–Kier alpha value is -1.80. The minimum Gasteiger partial charge on any atom is -0.392 e. The van der Waals surface area contributed by atoms with Gasteiger partial charge in [-0.3, -0.25) is 9.80 Å². The smallest absolute Gasteiger partial charge is 0.0679 e. The third kappa shape index (κ3) is 14.1. The van der Waals surface area contributed by atoms with Crippen molar-refractivity contribution in [3.63, 3.8) is 0 Å². The summed E-state index contributed by atoms with van der Waals surface area (Å²) in [6.07, 6.45) is 3.02. The van der Waals surface area contributed by atoms with Gasteiger partial charge in [-0.15, -0.1) is 0 Å². The van der Waals surface area contributed by atoms with Gasteiger partial charge in [0.25, 0.3) is 0 Å². The summed E-state index contributed by atoms with van der Waals surface area (Å²) in [5.41, 5.74) is 2.57. The Morgan fingerprint density at radius 1 is 0.639 bits per heavy atom. The predicted octanol–water partition coefficient (Wildman–Crippen LogP) is 3.49. The first kappa shape index (κ1) is 30.4. The topological polar surface area (TPSA) is 71.0 Å². The van der Waals surface area contributed by atoms with E-state index in [2.05, 4.69) is 82.8 Å². The molecule has 6 heteroatoms. The molecule has 202 valence electrons. The lowest BCUT2D eigenvalue weighted by Gasteiger charge is -2.27. The maximum atomic E-state index is 10.6. The molecule has 0 saturated carbocycles. The highest BCUT2D eigenvalue weighted by Gasteiger charge is 2.15. The normalized spacial score (nSPS) is 13.4. The Morgan fingerprint density at radius 2 is 1.03 bits per heavy atom. The quantitative estimate of drug-likeness (QED) is 0.198. The van der Waals surface area contributed by atoms with Crippen molar-refractivity contribution >= 4 is 0 Å². The molecule has 0 heterocycles. The van der Waals surface area contributed by atoms with E-state index in [9.17, 15) is 10.2 Å². The zero-order chi connectivity index (χ0) is 25.8. The molecule has 2 atom stereocenters. The van der Waals surface area contributed by atoms with Gasteiger partial charge in [0.2, 0.25) is 0 Å². The highest BCUT2D eigenvalue weighted by Crippen LogP contribution is 2.11. The highest BCUT2D eigenvalue weighted by molar-refractivity contribution is 5.15. The summed E-state index contributed by atoms with van der Waals surface area (Å²) >= 11 is 0. The van der Waals surface area contributed by atoms with Crippen LogP contribution in [0.1, 0.15) is 50.7 Å². The van der Waals surface area contributed by atoms with Gasteiger partial charge in [0.05, 0.1) is 12.2 Å². The summed E-state index contributed by atoms with van der Waals surface area (Å²) in [5, 5.41) is 27.8. The van der Waals surface area contributed by atoms with Crippen LogP contribution in [0.3, 0.4) is 0 Å². The van der Waals surface area contributed by atoms with Crippen LogP contribution in [0, 0.1) is 0 Å². The molecular formula is C30H50N4O2. The Balaban J connectivity index is 1.87. The van der Waals surface area contributed by atoms with Crippen molar-refractivity contribution in [2.45, 2.75) is 64.8 Å². The molecule has 0 aliphatic rings. The first-order chi connectivity index (χ1) is 17.6. The second-order valence-electron chi connectivity index (χ2n) is 9.74. The summed E-state index contributed by atoms with van der Waals surface area (Å²) in [6.45, 7) is 12.8. The lowest BCUT2D eigenvalue weighted by Crippen LogP contribution is -2.36. The van der Waals surface area contributed by atoms with Crippen molar-refractivity contribution < 1.29 is 10.2 Å². The zero-order valence-electron chi connectivity index (χ0n) is 22.6. The lowest BCUT2D eigenvalue weighted by molar-refractivity contribution is 0.0926. The average Bonchev–Trinajstić information content (AvgIpc) is 2.88. The van der Waals surface area contributed by atoms with Crippen LogP contribution in [0.15, 0.2) is 60.7 Å². The molecule has 0 amide bonds. The van der Waals surface area contributed by atoms with Crippen LogP contribution in [0.2, 0.25) is 0 Å². The molecular weight excluding hydrogens is 448 g/mol. The van der Waals surface area contributed by atoms with Crippen molar-refractivity contribution in [3.8, 4) is 0 Å².